The maximum absolute atomic E-state index is 12.0. The summed E-state index contributed by atoms with van der Waals surface area (Å²) in [6.45, 7) is 2.57. The smallest absolute Gasteiger partial charge is 0.326 e. The molecule has 2 rings (SSSR count). The second-order valence-corrected chi connectivity index (χ2v) is 5.73. The van der Waals surface area contributed by atoms with Gasteiger partial charge in [-0.3, -0.25) is 4.79 Å². The summed E-state index contributed by atoms with van der Waals surface area (Å²) in [4.78, 5) is 25.6. The van der Waals surface area contributed by atoms with E-state index in [2.05, 4.69) is 0 Å². The van der Waals surface area contributed by atoms with Gasteiger partial charge in [0, 0.05) is 11.4 Å². The Labute approximate surface area is 116 Å². The number of benzene rings is 1. The molecule has 0 aliphatic carbocycles. The minimum atomic E-state index is -0.897. The summed E-state index contributed by atoms with van der Waals surface area (Å²) >= 11 is 1.45. The summed E-state index contributed by atoms with van der Waals surface area (Å²) in [7, 11) is 0. The predicted molar refractivity (Wildman–Crippen MR) is 74.3 cm³/mol. The Morgan fingerprint density at radius 1 is 1.37 bits per heavy atom. The van der Waals surface area contributed by atoms with Crippen LogP contribution in [0, 0.1) is 6.92 Å². The van der Waals surface area contributed by atoms with Crippen molar-refractivity contribution >= 4 is 23.6 Å². The zero-order valence-electron chi connectivity index (χ0n) is 10.8. The lowest BCUT2D eigenvalue weighted by atomic mass is 10.2. The molecule has 1 aliphatic rings. The van der Waals surface area contributed by atoms with Gasteiger partial charge in [-0.15, -0.1) is 11.8 Å². The van der Waals surface area contributed by atoms with Crippen LogP contribution in [0.5, 0.6) is 0 Å². The van der Waals surface area contributed by atoms with E-state index in [0.29, 0.717) is 18.7 Å². The van der Waals surface area contributed by atoms with E-state index in [1.807, 2.05) is 31.2 Å². The van der Waals surface area contributed by atoms with Crippen LogP contribution in [0.3, 0.4) is 0 Å². The van der Waals surface area contributed by atoms with Crippen LogP contribution in [0.15, 0.2) is 29.2 Å². The minimum Gasteiger partial charge on any atom is -0.480 e. The van der Waals surface area contributed by atoms with E-state index in [9.17, 15) is 9.59 Å². The lowest BCUT2D eigenvalue weighted by Crippen LogP contribution is -2.41. The molecule has 1 heterocycles. The van der Waals surface area contributed by atoms with Gasteiger partial charge in [0.05, 0.1) is 5.75 Å². The molecule has 1 saturated heterocycles. The molecule has 5 heteroatoms. The van der Waals surface area contributed by atoms with Gasteiger partial charge in [-0.25, -0.2) is 4.79 Å². The molecular formula is C14H17NO3S. The average molecular weight is 279 g/mol. The lowest BCUT2D eigenvalue weighted by molar-refractivity contribution is -0.147. The fourth-order valence-electron chi connectivity index (χ4n) is 2.18. The van der Waals surface area contributed by atoms with Crippen LogP contribution in [0.1, 0.15) is 18.4 Å². The van der Waals surface area contributed by atoms with Crippen LogP contribution in [0.2, 0.25) is 0 Å². The molecule has 0 bridgehead atoms. The minimum absolute atomic E-state index is 0.0875. The highest BCUT2D eigenvalue weighted by Crippen LogP contribution is 2.22. The quantitative estimate of drug-likeness (QED) is 0.858. The molecule has 4 nitrogen and oxygen atoms in total. The summed E-state index contributed by atoms with van der Waals surface area (Å²) in [6.07, 6.45) is 1.34. The number of carboxylic acid groups (broad SMARTS) is 1. The molecule has 1 fully saturated rings. The van der Waals surface area contributed by atoms with Crippen molar-refractivity contribution in [2.75, 3.05) is 12.3 Å². The number of aryl methyl sites for hydroxylation is 1. The van der Waals surface area contributed by atoms with Gasteiger partial charge in [0.25, 0.3) is 0 Å². The van der Waals surface area contributed by atoms with Crippen LogP contribution in [-0.2, 0) is 9.59 Å². The third kappa shape index (κ3) is 3.50. The van der Waals surface area contributed by atoms with Gasteiger partial charge in [-0.1, -0.05) is 17.7 Å². The Hall–Kier alpha value is -1.49. The first-order chi connectivity index (χ1) is 9.08. The topological polar surface area (TPSA) is 57.6 Å². The number of carbonyl (C=O) groups is 2. The highest BCUT2D eigenvalue weighted by Gasteiger charge is 2.33. The first kappa shape index (κ1) is 13.9. The maximum atomic E-state index is 12.0. The van der Waals surface area contributed by atoms with E-state index in [0.717, 1.165) is 11.3 Å². The second-order valence-electron chi connectivity index (χ2n) is 4.69. The number of hydrogen-bond acceptors (Lipinski definition) is 3. The number of carboxylic acids is 1. The van der Waals surface area contributed by atoms with E-state index in [1.165, 1.54) is 22.2 Å². The first-order valence-electron chi connectivity index (χ1n) is 6.29. The van der Waals surface area contributed by atoms with Crippen molar-refractivity contribution < 1.29 is 14.7 Å². The molecule has 1 aliphatic heterocycles. The number of aliphatic carboxylic acids is 1. The number of nitrogens with zero attached hydrogens (tertiary/aromatic N) is 1. The van der Waals surface area contributed by atoms with Crippen molar-refractivity contribution in [1.29, 1.82) is 0 Å². The fraction of sp³-hybridized carbons (Fsp3) is 0.429. The molecule has 102 valence electrons. The summed E-state index contributed by atoms with van der Waals surface area (Å²) in [5.41, 5.74) is 1.18. The first-order valence-corrected chi connectivity index (χ1v) is 7.28. The number of rotatable bonds is 4. The van der Waals surface area contributed by atoms with Gasteiger partial charge >= 0.3 is 5.97 Å². The van der Waals surface area contributed by atoms with E-state index >= 15 is 0 Å². The van der Waals surface area contributed by atoms with Crippen LogP contribution < -0.4 is 0 Å². The van der Waals surface area contributed by atoms with Gasteiger partial charge in [0.15, 0.2) is 0 Å². The molecule has 0 aromatic heterocycles. The third-order valence-electron chi connectivity index (χ3n) is 3.24. The van der Waals surface area contributed by atoms with Crippen molar-refractivity contribution in [3.8, 4) is 0 Å². The third-order valence-corrected chi connectivity index (χ3v) is 4.24. The van der Waals surface area contributed by atoms with Gasteiger partial charge in [0.2, 0.25) is 5.91 Å². The van der Waals surface area contributed by atoms with Crippen molar-refractivity contribution in [3.63, 3.8) is 0 Å². The van der Waals surface area contributed by atoms with E-state index < -0.39 is 12.0 Å². The van der Waals surface area contributed by atoms with Crippen LogP contribution >= 0.6 is 11.8 Å². The number of carbonyl (C=O) groups excluding carboxylic acids is 1. The zero-order valence-corrected chi connectivity index (χ0v) is 11.7. The lowest BCUT2D eigenvalue weighted by Gasteiger charge is -2.21. The van der Waals surface area contributed by atoms with Crippen molar-refractivity contribution in [2.45, 2.75) is 30.7 Å². The van der Waals surface area contributed by atoms with Crippen LogP contribution in [-0.4, -0.2) is 40.2 Å². The second kappa shape index (κ2) is 6.10. The highest BCUT2D eigenvalue weighted by atomic mass is 32.2. The fourth-order valence-corrected chi connectivity index (χ4v) is 2.97. The molecule has 1 atom stereocenters. The van der Waals surface area contributed by atoms with Gasteiger partial charge in [-0.2, -0.15) is 0 Å². The zero-order chi connectivity index (χ0) is 13.8. The molecule has 0 radical (unpaired) electrons. The van der Waals surface area contributed by atoms with E-state index in [1.54, 1.807) is 0 Å². The van der Waals surface area contributed by atoms with Gasteiger partial charge < -0.3 is 10.0 Å². The Kier molecular flexibility index (Phi) is 4.47. The summed E-state index contributed by atoms with van der Waals surface area (Å²) in [5, 5.41) is 9.05. The Balaban J connectivity index is 1.90. The van der Waals surface area contributed by atoms with Gasteiger partial charge in [-0.05, 0) is 31.9 Å². The molecule has 0 saturated carbocycles. The molecule has 0 spiro atoms. The summed E-state index contributed by atoms with van der Waals surface area (Å²) < 4.78 is 0. The molecular weight excluding hydrogens is 262 g/mol. The van der Waals surface area contributed by atoms with Crippen LogP contribution in [0.25, 0.3) is 0 Å². The highest BCUT2D eigenvalue weighted by molar-refractivity contribution is 8.00. The standard InChI is InChI=1S/C14H17NO3S/c1-10-4-6-11(7-5-10)19-9-13(16)15-8-2-3-12(15)14(17)18/h4-7,12H,2-3,8-9H2,1H3,(H,17,18)/t12-/m0/s1. The monoisotopic (exact) mass is 279 g/mol. The Bertz CT molecular complexity index is 472. The number of hydrogen-bond donors (Lipinski definition) is 1. The number of amides is 1. The average Bonchev–Trinajstić information content (AvgIpc) is 2.87. The molecule has 1 N–H and O–H groups in total. The van der Waals surface area contributed by atoms with Crippen LogP contribution in [0.4, 0.5) is 0 Å². The summed E-state index contributed by atoms with van der Waals surface area (Å²) in [5.74, 6) is -0.686. The van der Waals surface area contributed by atoms with Crippen molar-refractivity contribution in [2.24, 2.45) is 0 Å². The van der Waals surface area contributed by atoms with Crippen molar-refractivity contribution in [1.82, 2.24) is 4.90 Å². The molecule has 1 aromatic carbocycles. The maximum Gasteiger partial charge on any atom is 0.326 e. The Morgan fingerprint density at radius 2 is 2.05 bits per heavy atom. The molecule has 19 heavy (non-hydrogen) atoms. The van der Waals surface area contributed by atoms with E-state index in [-0.39, 0.29) is 5.91 Å². The molecule has 0 unspecified atom stereocenters. The largest absolute Gasteiger partial charge is 0.480 e. The van der Waals surface area contributed by atoms with Gasteiger partial charge in [0.1, 0.15) is 6.04 Å². The molecule has 1 amide bonds. The van der Waals surface area contributed by atoms with Crippen molar-refractivity contribution in [3.05, 3.63) is 29.8 Å². The predicted octanol–water partition coefficient (Wildman–Crippen LogP) is 2.16. The van der Waals surface area contributed by atoms with E-state index in [4.69, 9.17) is 5.11 Å². The summed E-state index contributed by atoms with van der Waals surface area (Å²) in [6, 6.07) is 7.33. The SMILES string of the molecule is Cc1ccc(SCC(=O)N2CCC[C@H]2C(=O)O)cc1. The Morgan fingerprint density at radius 3 is 2.68 bits per heavy atom. The normalized spacial score (nSPS) is 18.6. The number of likely N-dealkylation sites (tertiary alicyclic amines) is 1. The number of thioether (sulfide) groups is 1. The molecule has 1 aromatic rings.